The standard InChI is InChI=1S/C29H20F4N4O2/c30-22-15-20(18-4-2-1-3-5-18)14-21(16-22)26-28(38-26)35-23-8-6-19(7-9-23)27-34-17-37(36-27)24-10-12-25(13-11-24)39-29(31,32)33/h1-17,26,28,35H. The first-order valence-corrected chi connectivity index (χ1v) is 12.0. The van der Waals surface area contributed by atoms with E-state index < -0.39 is 6.36 Å². The SMILES string of the molecule is Fc1cc(-c2ccccc2)cc(C2OC2Nc2ccc(-c3ncn(-c4ccc(OC(F)(F)F)cc4)n3)cc2)c1. The summed E-state index contributed by atoms with van der Waals surface area (Å²) < 4.78 is 62.5. The van der Waals surface area contributed by atoms with Crippen LogP contribution in [0.1, 0.15) is 11.7 Å². The molecule has 6 nitrogen and oxygen atoms in total. The molecule has 39 heavy (non-hydrogen) atoms. The Morgan fingerprint density at radius 1 is 0.821 bits per heavy atom. The number of hydrogen-bond donors (Lipinski definition) is 1. The predicted molar refractivity (Wildman–Crippen MR) is 137 cm³/mol. The highest BCUT2D eigenvalue weighted by molar-refractivity contribution is 5.65. The molecule has 0 saturated carbocycles. The van der Waals surface area contributed by atoms with Crippen LogP contribution in [0.4, 0.5) is 23.2 Å². The molecule has 0 amide bonds. The van der Waals surface area contributed by atoms with Crippen molar-refractivity contribution in [2.45, 2.75) is 18.7 Å². The highest BCUT2D eigenvalue weighted by Crippen LogP contribution is 2.41. The van der Waals surface area contributed by atoms with E-state index in [4.69, 9.17) is 4.74 Å². The lowest BCUT2D eigenvalue weighted by atomic mass is 10.0. The van der Waals surface area contributed by atoms with Crippen LogP contribution in [-0.2, 0) is 4.74 Å². The van der Waals surface area contributed by atoms with Gasteiger partial charge in [-0.05, 0) is 83.4 Å². The third-order valence-electron chi connectivity index (χ3n) is 6.13. The average molecular weight is 532 g/mol. The second kappa shape index (κ2) is 9.88. The largest absolute Gasteiger partial charge is 0.573 e. The van der Waals surface area contributed by atoms with Gasteiger partial charge in [0.05, 0.1) is 5.69 Å². The molecule has 1 aromatic heterocycles. The number of hydrogen-bond acceptors (Lipinski definition) is 5. The molecule has 1 saturated heterocycles. The smallest absolute Gasteiger partial charge is 0.406 e. The zero-order chi connectivity index (χ0) is 27.0. The molecule has 1 fully saturated rings. The van der Waals surface area contributed by atoms with Crippen LogP contribution in [0, 0.1) is 5.82 Å². The Hall–Kier alpha value is -4.70. The van der Waals surface area contributed by atoms with E-state index in [0.717, 1.165) is 27.9 Å². The Labute approximate surface area is 220 Å². The maximum atomic E-state index is 14.3. The Bertz CT molecular complexity index is 1590. The highest BCUT2D eigenvalue weighted by atomic mass is 19.4. The summed E-state index contributed by atoms with van der Waals surface area (Å²) in [6.45, 7) is 0. The fourth-order valence-corrected chi connectivity index (χ4v) is 4.25. The molecule has 196 valence electrons. The lowest BCUT2D eigenvalue weighted by Crippen LogP contribution is -2.17. The van der Waals surface area contributed by atoms with E-state index in [2.05, 4.69) is 20.1 Å². The third kappa shape index (κ3) is 5.75. The summed E-state index contributed by atoms with van der Waals surface area (Å²) in [4.78, 5) is 4.30. The third-order valence-corrected chi connectivity index (χ3v) is 6.13. The first-order chi connectivity index (χ1) is 18.8. The van der Waals surface area contributed by atoms with Gasteiger partial charge in [0.2, 0.25) is 0 Å². The molecule has 0 bridgehead atoms. The van der Waals surface area contributed by atoms with Crippen LogP contribution in [0.25, 0.3) is 28.2 Å². The van der Waals surface area contributed by atoms with Crippen molar-refractivity contribution < 1.29 is 27.0 Å². The predicted octanol–water partition coefficient (Wildman–Crippen LogP) is 7.15. The average Bonchev–Trinajstić information content (AvgIpc) is 3.51. The van der Waals surface area contributed by atoms with Crippen molar-refractivity contribution in [1.82, 2.24) is 14.8 Å². The summed E-state index contributed by atoms with van der Waals surface area (Å²) in [5.41, 5.74) is 4.58. The molecular weight excluding hydrogens is 512 g/mol. The Morgan fingerprint density at radius 3 is 2.28 bits per heavy atom. The first-order valence-electron chi connectivity index (χ1n) is 12.0. The highest BCUT2D eigenvalue weighted by Gasteiger charge is 2.40. The van der Waals surface area contributed by atoms with Crippen LogP contribution >= 0.6 is 0 Å². The monoisotopic (exact) mass is 532 g/mol. The minimum atomic E-state index is -4.75. The summed E-state index contributed by atoms with van der Waals surface area (Å²) in [5, 5.41) is 7.70. The molecular formula is C29H20F4N4O2. The van der Waals surface area contributed by atoms with Gasteiger partial charge in [0, 0.05) is 11.3 Å². The summed E-state index contributed by atoms with van der Waals surface area (Å²) in [5.74, 6) is -0.181. The van der Waals surface area contributed by atoms with Gasteiger partial charge in [-0.15, -0.1) is 18.3 Å². The Balaban J connectivity index is 1.10. The van der Waals surface area contributed by atoms with Crippen molar-refractivity contribution >= 4 is 5.69 Å². The van der Waals surface area contributed by atoms with Crippen molar-refractivity contribution in [1.29, 1.82) is 0 Å². The molecule has 0 radical (unpaired) electrons. The maximum Gasteiger partial charge on any atom is 0.573 e. The van der Waals surface area contributed by atoms with Crippen molar-refractivity contribution in [2.24, 2.45) is 0 Å². The van der Waals surface area contributed by atoms with Gasteiger partial charge in [0.1, 0.15) is 24.0 Å². The molecule has 0 spiro atoms. The van der Waals surface area contributed by atoms with E-state index in [0.29, 0.717) is 11.5 Å². The molecule has 10 heteroatoms. The topological polar surface area (TPSA) is 64.5 Å². The van der Waals surface area contributed by atoms with Crippen LogP contribution in [0.5, 0.6) is 5.75 Å². The number of aromatic nitrogens is 3. The van der Waals surface area contributed by atoms with Gasteiger partial charge in [-0.2, -0.15) is 0 Å². The van der Waals surface area contributed by atoms with E-state index >= 15 is 0 Å². The number of benzene rings is 4. The van der Waals surface area contributed by atoms with Gasteiger partial charge in [0.25, 0.3) is 0 Å². The molecule has 1 N–H and O–H groups in total. The van der Waals surface area contributed by atoms with Crippen LogP contribution in [0.2, 0.25) is 0 Å². The fraction of sp³-hybridized carbons (Fsp3) is 0.103. The molecule has 2 atom stereocenters. The number of ether oxygens (including phenoxy) is 2. The van der Waals surface area contributed by atoms with Gasteiger partial charge in [0.15, 0.2) is 12.1 Å². The Kier molecular flexibility index (Phi) is 6.24. The summed E-state index contributed by atoms with van der Waals surface area (Å²) in [7, 11) is 0. The van der Waals surface area contributed by atoms with Crippen molar-refractivity contribution in [3.63, 3.8) is 0 Å². The van der Waals surface area contributed by atoms with Gasteiger partial charge in [-0.3, -0.25) is 0 Å². The lowest BCUT2D eigenvalue weighted by Gasteiger charge is -2.09. The first kappa shape index (κ1) is 24.6. The molecule has 0 aliphatic carbocycles. The van der Waals surface area contributed by atoms with Crippen LogP contribution in [0.15, 0.2) is 103 Å². The van der Waals surface area contributed by atoms with Crippen molar-refractivity contribution in [3.8, 4) is 34.0 Å². The van der Waals surface area contributed by atoms with E-state index in [9.17, 15) is 17.6 Å². The van der Waals surface area contributed by atoms with Gasteiger partial charge >= 0.3 is 6.36 Å². The molecule has 6 rings (SSSR count). The van der Waals surface area contributed by atoms with Gasteiger partial charge < -0.3 is 14.8 Å². The van der Waals surface area contributed by atoms with E-state index in [-0.39, 0.29) is 23.9 Å². The number of rotatable bonds is 7. The number of epoxide rings is 1. The summed E-state index contributed by atoms with van der Waals surface area (Å²) in [6, 6.07) is 27.3. The normalized spacial score (nSPS) is 16.6. The molecule has 2 heterocycles. The van der Waals surface area contributed by atoms with Crippen molar-refractivity contribution in [3.05, 3.63) is 115 Å². The number of alkyl halides is 3. The van der Waals surface area contributed by atoms with Gasteiger partial charge in [-0.25, -0.2) is 14.1 Å². The number of anilines is 1. The molecule has 1 aliphatic heterocycles. The minimum absolute atomic E-state index is 0.270. The Morgan fingerprint density at radius 2 is 1.56 bits per heavy atom. The van der Waals surface area contributed by atoms with Crippen LogP contribution < -0.4 is 10.1 Å². The van der Waals surface area contributed by atoms with Crippen LogP contribution in [0.3, 0.4) is 0 Å². The zero-order valence-corrected chi connectivity index (χ0v) is 20.1. The summed E-state index contributed by atoms with van der Waals surface area (Å²) in [6.07, 6.45) is -3.83. The second-order valence-corrected chi connectivity index (χ2v) is 8.89. The number of nitrogens with one attached hydrogen (secondary N) is 1. The maximum absolute atomic E-state index is 14.3. The fourth-order valence-electron chi connectivity index (χ4n) is 4.25. The quantitative estimate of drug-likeness (QED) is 0.178. The molecule has 1 aliphatic rings. The van der Waals surface area contributed by atoms with E-state index in [1.54, 1.807) is 0 Å². The second-order valence-electron chi connectivity index (χ2n) is 8.89. The van der Waals surface area contributed by atoms with E-state index in [1.165, 1.54) is 47.4 Å². The summed E-state index contributed by atoms with van der Waals surface area (Å²) >= 11 is 0. The van der Waals surface area contributed by atoms with Gasteiger partial charge in [-0.1, -0.05) is 30.3 Å². The lowest BCUT2D eigenvalue weighted by molar-refractivity contribution is -0.274. The van der Waals surface area contributed by atoms with Crippen molar-refractivity contribution in [2.75, 3.05) is 5.32 Å². The number of halogens is 4. The van der Waals surface area contributed by atoms with E-state index in [1.807, 2.05) is 60.7 Å². The molecule has 2 unspecified atom stereocenters. The minimum Gasteiger partial charge on any atom is -0.406 e. The van der Waals surface area contributed by atoms with Crippen LogP contribution in [-0.4, -0.2) is 27.4 Å². The number of nitrogens with zero attached hydrogens (tertiary/aromatic N) is 3. The molecule has 5 aromatic rings. The molecule has 4 aromatic carbocycles. The zero-order valence-electron chi connectivity index (χ0n) is 20.1.